The number of ether oxygens (including phenoxy) is 2. The Hall–Kier alpha value is -2.18. The van der Waals surface area contributed by atoms with E-state index in [9.17, 15) is 4.79 Å². The van der Waals surface area contributed by atoms with Crippen LogP contribution < -0.4 is 10.3 Å². The molecule has 6 nitrogen and oxygen atoms in total. The number of fused-ring (bicyclic) bond motifs is 1. The van der Waals surface area contributed by atoms with E-state index in [2.05, 4.69) is 22.1 Å². The van der Waals surface area contributed by atoms with Crippen LogP contribution in [0.15, 0.2) is 29.1 Å². The summed E-state index contributed by atoms with van der Waals surface area (Å²) in [7, 11) is 3.38. The van der Waals surface area contributed by atoms with E-state index in [-0.39, 0.29) is 5.56 Å². The van der Waals surface area contributed by atoms with Crippen molar-refractivity contribution in [2.24, 2.45) is 7.05 Å². The zero-order valence-electron chi connectivity index (χ0n) is 15.1. The van der Waals surface area contributed by atoms with E-state index in [1.54, 1.807) is 20.2 Å². The van der Waals surface area contributed by atoms with Gasteiger partial charge in [-0.2, -0.15) is 5.10 Å². The number of hydrogen-bond acceptors (Lipinski definition) is 5. The van der Waals surface area contributed by atoms with Crippen LogP contribution in [0.25, 0.3) is 0 Å². The van der Waals surface area contributed by atoms with Crippen LogP contribution in [-0.4, -0.2) is 34.9 Å². The summed E-state index contributed by atoms with van der Waals surface area (Å²) in [6.45, 7) is 5.74. The van der Waals surface area contributed by atoms with Crippen molar-refractivity contribution in [1.29, 1.82) is 0 Å². The summed E-state index contributed by atoms with van der Waals surface area (Å²) in [5.74, 6) is 0.855. The summed E-state index contributed by atoms with van der Waals surface area (Å²) < 4.78 is 12.4. The molecule has 2 heterocycles. The van der Waals surface area contributed by atoms with Gasteiger partial charge in [0.25, 0.3) is 5.56 Å². The van der Waals surface area contributed by atoms with Crippen LogP contribution in [0, 0.1) is 0 Å². The van der Waals surface area contributed by atoms with Gasteiger partial charge in [-0.3, -0.25) is 9.69 Å². The molecule has 0 unspecified atom stereocenters. The molecule has 0 N–H and O–H groups in total. The topological polar surface area (TPSA) is 56.6 Å². The molecule has 1 aromatic carbocycles. The fourth-order valence-corrected chi connectivity index (χ4v) is 3.20. The predicted octanol–water partition coefficient (Wildman–Crippen LogP) is 1.88. The highest BCUT2D eigenvalue weighted by Gasteiger charge is 2.19. The van der Waals surface area contributed by atoms with Crippen LogP contribution in [0.2, 0.25) is 0 Å². The molecule has 0 fully saturated rings. The Bertz CT molecular complexity index is 801. The molecule has 0 saturated carbocycles. The van der Waals surface area contributed by atoms with Gasteiger partial charge in [-0.25, -0.2) is 4.68 Å². The van der Waals surface area contributed by atoms with E-state index in [0.29, 0.717) is 13.2 Å². The maximum Gasteiger partial charge on any atom is 0.266 e. The summed E-state index contributed by atoms with van der Waals surface area (Å²) in [6.07, 6.45) is 0.866. The molecule has 3 rings (SSSR count). The number of aromatic nitrogens is 2. The Labute approximate surface area is 148 Å². The first-order chi connectivity index (χ1) is 12.1. The summed E-state index contributed by atoms with van der Waals surface area (Å²) in [6, 6.07) is 7.94. The third kappa shape index (κ3) is 4.08. The monoisotopic (exact) mass is 343 g/mol. The van der Waals surface area contributed by atoms with Gasteiger partial charge in [0, 0.05) is 51.3 Å². The molecule has 0 amide bonds. The average molecular weight is 343 g/mol. The first-order valence-corrected chi connectivity index (χ1v) is 8.62. The normalized spacial score (nSPS) is 14.4. The lowest BCUT2D eigenvalue weighted by Crippen LogP contribution is -2.34. The van der Waals surface area contributed by atoms with Gasteiger partial charge in [0.05, 0.1) is 19.4 Å². The fraction of sp³-hybridized carbons (Fsp3) is 0.474. The molecule has 6 heteroatoms. The zero-order valence-corrected chi connectivity index (χ0v) is 15.1. The Morgan fingerprint density at radius 2 is 2.12 bits per heavy atom. The Kier molecular flexibility index (Phi) is 5.50. The van der Waals surface area contributed by atoms with E-state index < -0.39 is 0 Å². The van der Waals surface area contributed by atoms with Gasteiger partial charge in [-0.15, -0.1) is 0 Å². The molecule has 0 saturated heterocycles. The van der Waals surface area contributed by atoms with E-state index in [0.717, 1.165) is 48.6 Å². The van der Waals surface area contributed by atoms with Crippen molar-refractivity contribution in [3.63, 3.8) is 0 Å². The molecule has 1 aliphatic heterocycles. The van der Waals surface area contributed by atoms with Crippen molar-refractivity contribution < 1.29 is 9.47 Å². The SMILES string of the molecule is CCOCc1cc(CN2CCc3nn(C)c(=O)cc3C2)ccc1OC. The molecule has 25 heavy (non-hydrogen) atoms. The zero-order chi connectivity index (χ0) is 17.8. The lowest BCUT2D eigenvalue weighted by molar-refractivity contribution is 0.132. The predicted molar refractivity (Wildman–Crippen MR) is 95.6 cm³/mol. The van der Waals surface area contributed by atoms with Crippen molar-refractivity contribution in [2.75, 3.05) is 20.3 Å². The smallest absolute Gasteiger partial charge is 0.266 e. The van der Waals surface area contributed by atoms with Crippen molar-refractivity contribution in [1.82, 2.24) is 14.7 Å². The number of methoxy groups -OCH3 is 1. The number of aryl methyl sites for hydroxylation is 1. The minimum Gasteiger partial charge on any atom is -0.496 e. The van der Waals surface area contributed by atoms with Gasteiger partial charge in [-0.05, 0) is 30.2 Å². The Morgan fingerprint density at radius 1 is 1.28 bits per heavy atom. The van der Waals surface area contributed by atoms with Crippen molar-refractivity contribution in [2.45, 2.75) is 33.0 Å². The lowest BCUT2D eigenvalue weighted by Gasteiger charge is -2.28. The van der Waals surface area contributed by atoms with Crippen molar-refractivity contribution >= 4 is 0 Å². The average Bonchev–Trinajstić information content (AvgIpc) is 2.61. The van der Waals surface area contributed by atoms with E-state index >= 15 is 0 Å². The molecule has 0 aliphatic carbocycles. The third-order valence-corrected chi connectivity index (χ3v) is 4.53. The van der Waals surface area contributed by atoms with Gasteiger partial charge >= 0.3 is 0 Å². The number of nitrogens with zero attached hydrogens (tertiary/aromatic N) is 3. The molecule has 0 radical (unpaired) electrons. The standard InChI is InChI=1S/C19H25N3O3/c1-4-25-13-16-9-14(5-6-18(16)24-3)11-22-8-7-17-15(12-22)10-19(23)21(2)20-17/h5-6,9-10H,4,7-8,11-13H2,1-3H3. The second kappa shape index (κ2) is 7.80. The largest absolute Gasteiger partial charge is 0.496 e. The van der Waals surface area contributed by atoms with Crippen LogP contribution >= 0.6 is 0 Å². The highest BCUT2D eigenvalue weighted by Crippen LogP contribution is 2.23. The van der Waals surface area contributed by atoms with Crippen LogP contribution in [0.3, 0.4) is 0 Å². The third-order valence-electron chi connectivity index (χ3n) is 4.53. The van der Waals surface area contributed by atoms with Crippen LogP contribution in [0.1, 0.15) is 29.3 Å². The Balaban J connectivity index is 1.74. The van der Waals surface area contributed by atoms with Crippen molar-refractivity contribution in [3.8, 4) is 5.75 Å². The lowest BCUT2D eigenvalue weighted by atomic mass is 10.0. The van der Waals surface area contributed by atoms with Crippen LogP contribution in [-0.2, 0) is 37.9 Å². The molecule has 0 spiro atoms. The van der Waals surface area contributed by atoms with Crippen LogP contribution in [0.5, 0.6) is 5.75 Å². The van der Waals surface area contributed by atoms with E-state index in [4.69, 9.17) is 9.47 Å². The Morgan fingerprint density at radius 3 is 2.88 bits per heavy atom. The summed E-state index contributed by atoms with van der Waals surface area (Å²) in [4.78, 5) is 14.2. The number of rotatable bonds is 6. The minimum atomic E-state index is -0.0518. The molecular formula is C19H25N3O3. The van der Waals surface area contributed by atoms with Gasteiger partial charge in [-0.1, -0.05) is 6.07 Å². The minimum absolute atomic E-state index is 0.0518. The molecule has 1 aliphatic rings. The maximum atomic E-state index is 11.8. The molecule has 134 valence electrons. The first-order valence-electron chi connectivity index (χ1n) is 8.62. The summed E-state index contributed by atoms with van der Waals surface area (Å²) >= 11 is 0. The molecule has 0 atom stereocenters. The van der Waals surface area contributed by atoms with E-state index in [1.165, 1.54) is 10.2 Å². The summed E-state index contributed by atoms with van der Waals surface area (Å²) in [5, 5.41) is 4.37. The quantitative estimate of drug-likeness (QED) is 0.802. The number of benzene rings is 1. The maximum absolute atomic E-state index is 11.8. The molecule has 2 aromatic rings. The van der Waals surface area contributed by atoms with Gasteiger partial charge in [0.1, 0.15) is 5.75 Å². The van der Waals surface area contributed by atoms with Gasteiger partial charge in [0.2, 0.25) is 0 Å². The van der Waals surface area contributed by atoms with Crippen LogP contribution in [0.4, 0.5) is 0 Å². The second-order valence-electron chi connectivity index (χ2n) is 6.32. The highest BCUT2D eigenvalue weighted by molar-refractivity contribution is 5.37. The molecule has 0 bridgehead atoms. The van der Waals surface area contributed by atoms with Gasteiger partial charge < -0.3 is 9.47 Å². The molecular weight excluding hydrogens is 318 g/mol. The van der Waals surface area contributed by atoms with Gasteiger partial charge in [0.15, 0.2) is 0 Å². The molecule has 1 aromatic heterocycles. The second-order valence-corrected chi connectivity index (χ2v) is 6.32. The first kappa shape index (κ1) is 17.6. The number of hydrogen-bond donors (Lipinski definition) is 0. The summed E-state index contributed by atoms with van der Waals surface area (Å²) in [5.41, 5.74) is 4.30. The van der Waals surface area contributed by atoms with E-state index in [1.807, 2.05) is 13.0 Å². The fourth-order valence-electron chi connectivity index (χ4n) is 3.20. The van der Waals surface area contributed by atoms with Crippen molar-refractivity contribution in [3.05, 3.63) is 57.0 Å². The highest BCUT2D eigenvalue weighted by atomic mass is 16.5.